The summed E-state index contributed by atoms with van der Waals surface area (Å²) >= 11 is 0. The van der Waals surface area contributed by atoms with Crippen molar-refractivity contribution in [3.8, 4) is 11.3 Å². The van der Waals surface area contributed by atoms with Crippen molar-refractivity contribution in [2.75, 3.05) is 0 Å². The molecule has 2 atom stereocenters. The fourth-order valence-corrected chi connectivity index (χ4v) is 4.24. The number of H-pyrrole nitrogens is 1. The van der Waals surface area contributed by atoms with Gasteiger partial charge in [0.05, 0.1) is 17.9 Å². The molecule has 0 fully saturated rings. The molecule has 0 aliphatic heterocycles. The van der Waals surface area contributed by atoms with Crippen molar-refractivity contribution in [2.45, 2.75) is 64.5 Å². The topological polar surface area (TPSA) is 92.7 Å². The van der Waals surface area contributed by atoms with Crippen LogP contribution < -0.4 is 5.32 Å². The van der Waals surface area contributed by atoms with Crippen molar-refractivity contribution in [3.63, 3.8) is 0 Å². The molecule has 2 aromatic carbocycles. The lowest BCUT2D eigenvalue weighted by molar-refractivity contribution is -0.125. The van der Waals surface area contributed by atoms with E-state index in [4.69, 9.17) is 0 Å². The molecule has 2 aromatic heterocycles. The molecule has 7 heteroatoms. The van der Waals surface area contributed by atoms with Crippen molar-refractivity contribution in [2.24, 2.45) is 0 Å². The zero-order valence-corrected chi connectivity index (χ0v) is 20.4. The van der Waals surface area contributed by atoms with E-state index in [0.29, 0.717) is 18.6 Å². The number of nitrogens with zero attached hydrogens (tertiary/aromatic N) is 3. The molecule has 7 nitrogen and oxygen atoms in total. The number of carbonyl (C=O) groups is 2. The minimum Gasteiger partial charge on any atom is -0.344 e. The Labute approximate surface area is 206 Å². The Morgan fingerprint density at radius 1 is 1.06 bits per heavy atom. The van der Waals surface area contributed by atoms with E-state index in [1.54, 1.807) is 23.1 Å². The summed E-state index contributed by atoms with van der Waals surface area (Å²) in [7, 11) is 0. The van der Waals surface area contributed by atoms with E-state index < -0.39 is 6.04 Å². The Balaban J connectivity index is 1.48. The number of Topliss-reactive ketones (excluding diaryl/α,β-unsaturated/α-hetero) is 1. The highest BCUT2D eigenvalue weighted by atomic mass is 16.2. The zero-order valence-electron chi connectivity index (χ0n) is 20.4. The largest absolute Gasteiger partial charge is 0.344 e. The Hall–Kier alpha value is -3.74. The fourth-order valence-electron chi connectivity index (χ4n) is 4.24. The lowest BCUT2D eigenvalue weighted by Crippen LogP contribution is -2.35. The molecule has 4 aromatic rings. The second-order valence-corrected chi connectivity index (χ2v) is 8.96. The summed E-state index contributed by atoms with van der Waals surface area (Å²) in [5.74, 6) is 0.927. The molecule has 4 rings (SSSR count). The molecule has 0 saturated heterocycles. The highest BCUT2D eigenvalue weighted by Crippen LogP contribution is 2.26. The predicted octanol–water partition coefficient (Wildman–Crippen LogP) is 5.77. The number of hydrogen-bond acceptors (Lipinski definition) is 4. The molecule has 0 aliphatic rings. The quantitative estimate of drug-likeness (QED) is 0.256. The smallest absolute Gasteiger partial charge is 0.245 e. The Morgan fingerprint density at radius 3 is 2.66 bits per heavy atom. The molecule has 2 N–H and O–H groups in total. The van der Waals surface area contributed by atoms with E-state index in [9.17, 15) is 9.59 Å². The van der Waals surface area contributed by atoms with Gasteiger partial charge in [0.2, 0.25) is 5.91 Å². The minimum absolute atomic E-state index is 0.108. The van der Waals surface area contributed by atoms with Crippen molar-refractivity contribution in [3.05, 3.63) is 72.9 Å². The number of nitrogens with one attached hydrogen (secondary N) is 2. The first kappa shape index (κ1) is 24.4. The highest BCUT2D eigenvalue weighted by molar-refractivity contribution is 5.86. The summed E-state index contributed by atoms with van der Waals surface area (Å²) in [4.78, 5) is 32.7. The lowest BCUT2D eigenvalue weighted by Gasteiger charge is -2.20. The maximum absolute atomic E-state index is 13.0. The summed E-state index contributed by atoms with van der Waals surface area (Å²) in [5, 5.41) is 9.72. The first-order valence-electron chi connectivity index (χ1n) is 12.4. The maximum Gasteiger partial charge on any atom is 0.245 e. The van der Waals surface area contributed by atoms with Crippen LogP contribution in [0.1, 0.15) is 70.3 Å². The van der Waals surface area contributed by atoms with Gasteiger partial charge in [-0.2, -0.15) is 5.10 Å². The third kappa shape index (κ3) is 6.23. The number of rotatable bonds is 12. The first-order valence-corrected chi connectivity index (χ1v) is 12.4. The number of aromatic amines is 1. The van der Waals surface area contributed by atoms with E-state index >= 15 is 0 Å². The van der Waals surface area contributed by atoms with Crippen LogP contribution in [0, 0.1) is 0 Å². The number of hydrogen-bond donors (Lipinski definition) is 2. The van der Waals surface area contributed by atoms with E-state index in [1.807, 2.05) is 32.2 Å². The standard InChI is InChI=1S/C28H33N5O2/c1-3-24(34)12-5-4-6-13-25(32-28(35)20(2)33-17-9-16-30-33)27-29-19-26(31-27)23-15-14-21-10-7-8-11-22(21)18-23/h7-11,14-20,25H,3-6,12-13H2,1-2H3,(H,29,31)(H,32,35)/t20?,25-/m0/s1. The Bertz CT molecular complexity index is 1260. The second kappa shape index (κ2) is 11.6. The van der Waals surface area contributed by atoms with Crippen LogP contribution in [0.4, 0.5) is 0 Å². The molecular weight excluding hydrogens is 438 g/mol. The van der Waals surface area contributed by atoms with Gasteiger partial charge in [-0.15, -0.1) is 0 Å². The van der Waals surface area contributed by atoms with Gasteiger partial charge in [0.25, 0.3) is 0 Å². The Kier molecular flexibility index (Phi) is 8.08. The van der Waals surface area contributed by atoms with Crippen molar-refractivity contribution in [1.82, 2.24) is 25.1 Å². The number of carbonyl (C=O) groups excluding carboxylic acids is 2. The van der Waals surface area contributed by atoms with Crippen molar-refractivity contribution < 1.29 is 9.59 Å². The van der Waals surface area contributed by atoms with Gasteiger partial charge in [0.1, 0.15) is 17.6 Å². The number of amides is 1. The monoisotopic (exact) mass is 471 g/mol. The summed E-state index contributed by atoms with van der Waals surface area (Å²) in [6.07, 6.45) is 9.94. The Morgan fingerprint density at radius 2 is 1.89 bits per heavy atom. The van der Waals surface area contributed by atoms with E-state index in [0.717, 1.165) is 42.8 Å². The average molecular weight is 472 g/mol. The SMILES string of the molecule is CCC(=O)CCCCC[C@H](NC(=O)C(C)n1cccn1)c1ncc(-c2ccc3ccccc3c2)[nH]1. The molecule has 1 unspecified atom stereocenters. The number of fused-ring (bicyclic) bond motifs is 1. The molecule has 0 saturated carbocycles. The van der Waals surface area contributed by atoms with E-state index in [1.165, 1.54) is 10.8 Å². The maximum atomic E-state index is 13.0. The van der Waals surface area contributed by atoms with E-state index in [2.05, 4.69) is 50.7 Å². The summed E-state index contributed by atoms with van der Waals surface area (Å²) in [5.41, 5.74) is 1.97. The van der Waals surface area contributed by atoms with Gasteiger partial charge in [-0.3, -0.25) is 14.3 Å². The zero-order chi connectivity index (χ0) is 24.6. The molecule has 0 spiro atoms. The van der Waals surface area contributed by atoms with Crippen LogP contribution in [-0.4, -0.2) is 31.4 Å². The molecule has 1 amide bonds. The van der Waals surface area contributed by atoms with E-state index in [-0.39, 0.29) is 11.9 Å². The molecule has 182 valence electrons. The summed E-state index contributed by atoms with van der Waals surface area (Å²) in [6, 6.07) is 15.7. The number of benzene rings is 2. The van der Waals surface area contributed by atoms with Gasteiger partial charge in [-0.25, -0.2) is 4.98 Å². The number of unbranched alkanes of at least 4 members (excludes halogenated alkanes) is 2. The fraction of sp³-hybridized carbons (Fsp3) is 0.357. The van der Waals surface area contributed by atoms with Crippen LogP contribution in [0.25, 0.3) is 22.0 Å². The van der Waals surface area contributed by atoms with Crippen molar-refractivity contribution >= 4 is 22.5 Å². The van der Waals surface area contributed by atoms with Crippen LogP contribution in [0.3, 0.4) is 0 Å². The van der Waals surface area contributed by atoms with Gasteiger partial charge in [0.15, 0.2) is 0 Å². The van der Waals surface area contributed by atoms with Gasteiger partial charge in [-0.1, -0.05) is 56.2 Å². The van der Waals surface area contributed by atoms with Crippen LogP contribution in [0.2, 0.25) is 0 Å². The third-order valence-electron chi connectivity index (χ3n) is 6.45. The van der Waals surface area contributed by atoms with Crippen LogP contribution >= 0.6 is 0 Å². The molecule has 0 radical (unpaired) electrons. The summed E-state index contributed by atoms with van der Waals surface area (Å²) in [6.45, 7) is 3.73. The molecular formula is C28H33N5O2. The average Bonchev–Trinajstić information content (AvgIpc) is 3.60. The van der Waals surface area contributed by atoms with Crippen LogP contribution in [0.5, 0.6) is 0 Å². The van der Waals surface area contributed by atoms with Crippen LogP contribution in [0.15, 0.2) is 67.1 Å². The minimum atomic E-state index is -0.426. The van der Waals surface area contributed by atoms with Gasteiger partial charge in [0, 0.05) is 30.8 Å². The summed E-state index contributed by atoms with van der Waals surface area (Å²) < 4.78 is 1.64. The molecule has 35 heavy (non-hydrogen) atoms. The lowest BCUT2D eigenvalue weighted by atomic mass is 10.0. The normalized spacial score (nSPS) is 13.0. The molecule has 0 bridgehead atoms. The highest BCUT2D eigenvalue weighted by Gasteiger charge is 2.22. The van der Waals surface area contributed by atoms with Gasteiger partial charge >= 0.3 is 0 Å². The van der Waals surface area contributed by atoms with Crippen LogP contribution in [-0.2, 0) is 9.59 Å². The number of ketones is 1. The number of imidazole rings is 1. The predicted molar refractivity (Wildman–Crippen MR) is 138 cm³/mol. The third-order valence-corrected chi connectivity index (χ3v) is 6.45. The molecule has 2 heterocycles. The van der Waals surface area contributed by atoms with Gasteiger partial charge < -0.3 is 10.3 Å². The molecule has 0 aliphatic carbocycles. The van der Waals surface area contributed by atoms with Crippen molar-refractivity contribution in [1.29, 1.82) is 0 Å². The first-order chi connectivity index (χ1) is 17.0. The second-order valence-electron chi connectivity index (χ2n) is 8.96. The van der Waals surface area contributed by atoms with Gasteiger partial charge in [-0.05, 0) is 42.7 Å². The number of aromatic nitrogens is 4.